The summed E-state index contributed by atoms with van der Waals surface area (Å²) >= 11 is 0. The van der Waals surface area contributed by atoms with Crippen LogP contribution in [0.25, 0.3) is 10.8 Å². The van der Waals surface area contributed by atoms with Crippen LogP contribution in [0.3, 0.4) is 0 Å². The first-order valence-electron chi connectivity index (χ1n) is 29.2. The van der Waals surface area contributed by atoms with Gasteiger partial charge in [0.25, 0.3) is 0 Å². The first-order valence-corrected chi connectivity index (χ1v) is 29.2. The van der Waals surface area contributed by atoms with E-state index in [1.807, 2.05) is 0 Å². The number of hydrogen-bond donors (Lipinski definition) is 7. The zero-order valence-electron chi connectivity index (χ0n) is 50.7. The fourth-order valence-electron chi connectivity index (χ4n) is 12.4. The van der Waals surface area contributed by atoms with Gasteiger partial charge in [0.2, 0.25) is 12.2 Å². The molecule has 5 aliphatic heterocycles. The van der Waals surface area contributed by atoms with Gasteiger partial charge in [0.1, 0.15) is 65.5 Å². The number of carbonyl (C=O) groups excluding carboxylic acids is 5. The van der Waals surface area contributed by atoms with Gasteiger partial charge in [0.15, 0.2) is 43.2 Å². The molecule has 27 heteroatoms. The number of aliphatic hydroxyl groups excluding tert-OH is 3. The molecule has 1 aliphatic carbocycles. The van der Waals surface area contributed by atoms with Gasteiger partial charge in [0.05, 0.1) is 72.8 Å². The number of aliphatic hydroxyl groups is 4. The molecule has 2 aromatic carbocycles. The van der Waals surface area contributed by atoms with Gasteiger partial charge in [-0.15, -0.1) is 0 Å². The van der Waals surface area contributed by atoms with Gasteiger partial charge < -0.3 is 107 Å². The van der Waals surface area contributed by atoms with Gasteiger partial charge in [-0.3, -0.25) is 19.2 Å². The van der Waals surface area contributed by atoms with E-state index in [-0.39, 0.29) is 66.2 Å². The number of Topliss-reactive ketones (excluding diaryl/α,β-unsaturated/α-hetero) is 1. The lowest BCUT2D eigenvalue weighted by molar-refractivity contribution is -0.334. The standard InChI is InChI=1S/C59H85NO26/c1-23(2)57(69)86-55-29(8)79-44(22-59(55,10)71)83-38-19-42(75-25(4)48(38)65)82-37-20-43(76-26(5)47(37)64)85-53-34(54(73-12)56(68)60-24(3)58(70)74-13)16-32-14-31-15-33(17-35(62)45(31)49(66)46(32)50(53)67)81-41-21-39(52(28(7)78-41)80-30(9)61)84-40-18-36(63)51(72-11)27(6)77-40/h14-15,17,23-29,34,36-44,47-48,51-55,62-66,71H,16,18-22H2,1-13H3,(H,60,68)/t24-,25+,26+,27+,28+,29-,34+,36+,37-,38-,39+,40+,41-,42-,43-,44-,47+,48+,51+,52+,53-,54-,55-,59+/m0/s1. The lowest BCUT2D eigenvalue weighted by atomic mass is 9.76. The number of benzene rings is 2. The molecule has 5 saturated heterocycles. The largest absolute Gasteiger partial charge is 0.507 e. The van der Waals surface area contributed by atoms with E-state index in [4.69, 9.17) is 71.1 Å². The molecule has 24 atom stereocenters. The number of amides is 1. The highest BCUT2D eigenvalue weighted by Gasteiger charge is 2.52. The van der Waals surface area contributed by atoms with Gasteiger partial charge in [-0.25, -0.2) is 4.79 Å². The molecule has 27 nitrogen and oxygen atoms in total. The molecular weight excluding hydrogens is 1140 g/mol. The number of carbonyl (C=O) groups is 5. The Labute approximate surface area is 498 Å². The number of methoxy groups -OCH3 is 3. The van der Waals surface area contributed by atoms with Crippen molar-refractivity contribution in [2.75, 3.05) is 21.3 Å². The van der Waals surface area contributed by atoms with Crippen LogP contribution in [0, 0.1) is 11.8 Å². The minimum absolute atomic E-state index is 0.0206. The molecule has 5 heterocycles. The molecule has 0 spiro atoms. The van der Waals surface area contributed by atoms with Gasteiger partial charge in [-0.2, -0.15) is 0 Å². The molecule has 0 aromatic heterocycles. The highest BCUT2D eigenvalue weighted by molar-refractivity contribution is 6.11. The van der Waals surface area contributed by atoms with Crippen molar-refractivity contribution in [3.8, 4) is 17.2 Å². The summed E-state index contributed by atoms with van der Waals surface area (Å²) in [6.45, 7) is 15.7. The van der Waals surface area contributed by atoms with Crippen LogP contribution in [0.15, 0.2) is 18.2 Å². The molecule has 7 N–H and O–H groups in total. The van der Waals surface area contributed by atoms with E-state index in [2.05, 4.69) is 5.32 Å². The number of rotatable bonds is 19. The highest BCUT2D eigenvalue weighted by Crippen LogP contribution is 2.46. The summed E-state index contributed by atoms with van der Waals surface area (Å²) < 4.78 is 89.5. The summed E-state index contributed by atoms with van der Waals surface area (Å²) in [5.74, 6) is -6.24. The number of fused-ring (bicyclic) bond motifs is 2. The van der Waals surface area contributed by atoms with Crippen molar-refractivity contribution in [3.63, 3.8) is 0 Å². The smallest absolute Gasteiger partial charge is 0.328 e. The van der Waals surface area contributed by atoms with E-state index in [0.29, 0.717) is 0 Å². The zero-order valence-corrected chi connectivity index (χ0v) is 50.7. The third kappa shape index (κ3) is 14.9. The Balaban J connectivity index is 1.03. The van der Waals surface area contributed by atoms with Gasteiger partial charge >= 0.3 is 17.9 Å². The Morgan fingerprint density at radius 2 is 1.24 bits per heavy atom. The summed E-state index contributed by atoms with van der Waals surface area (Å²) in [4.78, 5) is 66.6. The molecule has 1 amide bonds. The van der Waals surface area contributed by atoms with Crippen LogP contribution in [0.1, 0.15) is 117 Å². The van der Waals surface area contributed by atoms with Crippen LogP contribution in [0.5, 0.6) is 17.2 Å². The number of phenols is 2. The highest BCUT2D eigenvalue weighted by atomic mass is 16.7. The van der Waals surface area contributed by atoms with Gasteiger partial charge in [-0.1, -0.05) is 13.8 Å². The summed E-state index contributed by atoms with van der Waals surface area (Å²) in [6.07, 6.45) is -22.1. The maximum atomic E-state index is 15.2. The minimum atomic E-state index is -1.64. The average Bonchev–Trinajstić information content (AvgIpc) is 0.905. The molecule has 482 valence electrons. The van der Waals surface area contributed by atoms with Crippen LogP contribution in [0.4, 0.5) is 0 Å². The predicted molar refractivity (Wildman–Crippen MR) is 294 cm³/mol. The van der Waals surface area contributed by atoms with E-state index in [9.17, 15) is 49.8 Å². The van der Waals surface area contributed by atoms with Crippen molar-refractivity contribution >= 4 is 40.4 Å². The number of ether oxygens (including phenoxy) is 15. The predicted octanol–water partition coefficient (Wildman–Crippen LogP) is 2.24. The summed E-state index contributed by atoms with van der Waals surface area (Å²) in [5, 5.41) is 71.4. The number of nitrogens with one attached hydrogen (secondary N) is 1. The Kier molecular flexibility index (Phi) is 21.7. The molecule has 86 heavy (non-hydrogen) atoms. The van der Waals surface area contributed by atoms with Crippen LogP contribution in [-0.2, 0) is 91.9 Å². The van der Waals surface area contributed by atoms with E-state index < -0.39 is 194 Å². The topological polar surface area (TPSA) is 357 Å². The second-order valence-corrected chi connectivity index (χ2v) is 23.8. The number of esters is 3. The Hall–Kier alpha value is -4.95. The third-order valence-electron chi connectivity index (χ3n) is 16.8. The molecule has 5 fully saturated rings. The SMILES string of the molecule is COC(=O)[C@H](C)NC(=O)[C@@H](OC)[C@@H]1Cc2cc3cc(O[C@H]4C[C@@H](O[C@@H]5C[C@@H](O)[C@H](OC)[C@@H](C)O5)[C@H](OC(C)=O)[C@@H](C)O4)cc(O)c3c(O)c2C(=O)[C@H]1O[C@H]1C[C@H](O[C@H]2C[C@H](O[C@H]3C[C@@](C)(O)[C@@H](OC(=O)C(C)C)[C@H](C)O3)[C@H](O)[C@@H](C)O2)[C@H](O)[C@@H](C)O1. The second kappa shape index (κ2) is 27.8. The van der Waals surface area contributed by atoms with Gasteiger partial charge in [-0.05, 0) is 78.0 Å². The molecule has 2 aromatic rings. The van der Waals surface area contributed by atoms with Crippen molar-refractivity contribution in [3.05, 3.63) is 29.3 Å². The number of hydrogen-bond acceptors (Lipinski definition) is 26. The first kappa shape index (κ1) is 67.0. The molecule has 8 rings (SSSR count). The van der Waals surface area contributed by atoms with Crippen LogP contribution < -0.4 is 10.1 Å². The van der Waals surface area contributed by atoms with Crippen molar-refractivity contribution in [2.24, 2.45) is 11.8 Å². The summed E-state index contributed by atoms with van der Waals surface area (Å²) in [5.41, 5.74) is -1.61. The molecular formula is C59H85NO26. The molecule has 0 unspecified atom stereocenters. The van der Waals surface area contributed by atoms with Gasteiger partial charge in [0, 0.05) is 65.2 Å². The summed E-state index contributed by atoms with van der Waals surface area (Å²) in [6, 6.07) is 3.10. The number of phenolic OH excluding ortho intramolecular Hbond substituents is 2. The van der Waals surface area contributed by atoms with Crippen LogP contribution in [-0.4, -0.2) is 222 Å². The van der Waals surface area contributed by atoms with Crippen molar-refractivity contribution in [2.45, 2.75) is 249 Å². The third-order valence-corrected chi connectivity index (χ3v) is 16.8. The second-order valence-electron chi connectivity index (χ2n) is 23.8. The van der Waals surface area contributed by atoms with Crippen LogP contribution >= 0.6 is 0 Å². The van der Waals surface area contributed by atoms with Crippen molar-refractivity contribution in [1.29, 1.82) is 0 Å². The van der Waals surface area contributed by atoms with Crippen molar-refractivity contribution < 1.29 is 126 Å². The quantitative estimate of drug-likeness (QED) is 0.0783. The van der Waals surface area contributed by atoms with E-state index in [0.717, 1.165) is 7.11 Å². The minimum Gasteiger partial charge on any atom is -0.507 e. The fraction of sp³-hybridized carbons (Fsp3) is 0.746. The Morgan fingerprint density at radius 1 is 0.686 bits per heavy atom. The Bertz CT molecular complexity index is 2710. The lowest BCUT2D eigenvalue weighted by Crippen LogP contribution is -2.59. The maximum Gasteiger partial charge on any atom is 0.328 e. The maximum absolute atomic E-state index is 15.2. The molecule has 0 bridgehead atoms. The monoisotopic (exact) mass is 1220 g/mol. The fourth-order valence-corrected chi connectivity index (χ4v) is 12.4. The van der Waals surface area contributed by atoms with Crippen LogP contribution in [0.2, 0.25) is 0 Å². The number of aromatic hydroxyl groups is 2. The number of ketones is 1. The normalized spacial score (nSPS) is 38.3. The average molecular weight is 1220 g/mol. The molecule has 0 radical (unpaired) electrons. The molecule has 0 saturated carbocycles. The van der Waals surface area contributed by atoms with E-state index in [1.165, 1.54) is 53.2 Å². The lowest BCUT2D eigenvalue weighted by Gasteiger charge is -2.47. The van der Waals surface area contributed by atoms with E-state index in [1.54, 1.807) is 48.5 Å². The first-order chi connectivity index (χ1) is 40.5. The molecule has 6 aliphatic rings. The summed E-state index contributed by atoms with van der Waals surface area (Å²) in [7, 11) is 3.85. The zero-order chi connectivity index (χ0) is 63.0. The van der Waals surface area contributed by atoms with E-state index >= 15 is 4.79 Å². The van der Waals surface area contributed by atoms with Crippen molar-refractivity contribution in [1.82, 2.24) is 5.32 Å². The Morgan fingerprint density at radius 3 is 1.83 bits per heavy atom.